The summed E-state index contributed by atoms with van der Waals surface area (Å²) in [6.45, 7) is 3.75. The van der Waals surface area contributed by atoms with Gasteiger partial charge >= 0.3 is 0 Å². The van der Waals surface area contributed by atoms with Crippen LogP contribution in [0.25, 0.3) is 11.0 Å². The number of carbonyl (C=O) groups excluding carboxylic acids is 1. The van der Waals surface area contributed by atoms with Crippen LogP contribution >= 0.6 is 24.0 Å². The second kappa shape index (κ2) is 10.1. The summed E-state index contributed by atoms with van der Waals surface area (Å²) in [7, 11) is 1.71. The van der Waals surface area contributed by atoms with Crippen molar-refractivity contribution in [3.63, 3.8) is 0 Å². The van der Waals surface area contributed by atoms with Gasteiger partial charge < -0.3 is 20.0 Å². The van der Waals surface area contributed by atoms with Crippen LogP contribution in [-0.4, -0.2) is 25.5 Å². The summed E-state index contributed by atoms with van der Waals surface area (Å²) in [5.74, 6) is 1.30. The molecule has 0 atom stereocenters. The van der Waals surface area contributed by atoms with Gasteiger partial charge in [0.1, 0.15) is 17.2 Å². The molecule has 2 aromatic carbocycles. The predicted octanol–water partition coefficient (Wildman–Crippen LogP) is 4.49. The lowest BCUT2D eigenvalue weighted by Crippen LogP contribution is -2.36. The van der Waals surface area contributed by atoms with Crippen molar-refractivity contribution in [1.29, 1.82) is 0 Å². The fraction of sp³-hybridized carbons (Fsp3) is 0.304. The molecule has 0 saturated carbocycles. The number of amides is 1. The third-order valence-corrected chi connectivity index (χ3v) is 5.42. The van der Waals surface area contributed by atoms with Crippen molar-refractivity contribution in [2.24, 2.45) is 4.99 Å². The van der Waals surface area contributed by atoms with Gasteiger partial charge in [-0.1, -0.05) is 12.1 Å². The van der Waals surface area contributed by atoms with Crippen molar-refractivity contribution < 1.29 is 13.6 Å². The van der Waals surface area contributed by atoms with E-state index in [0.717, 1.165) is 40.9 Å². The number of carbonyl (C=O) groups is 1. The summed E-state index contributed by atoms with van der Waals surface area (Å²) in [6, 6.07) is 12.5. The molecule has 4 rings (SSSR count). The SMILES string of the molecule is CN=C(NCc1ccc(N2CCCC2=O)cc1)NCc1oc2ccc(F)cc2c1C.I. The van der Waals surface area contributed by atoms with Crippen molar-refractivity contribution in [1.82, 2.24) is 10.6 Å². The summed E-state index contributed by atoms with van der Waals surface area (Å²) in [5, 5.41) is 7.29. The van der Waals surface area contributed by atoms with Crippen molar-refractivity contribution >= 4 is 52.5 Å². The molecule has 1 aromatic heterocycles. The molecular weight excluding hydrogens is 510 g/mol. The normalized spacial score (nSPS) is 14.1. The van der Waals surface area contributed by atoms with Crippen LogP contribution in [0.3, 0.4) is 0 Å². The lowest BCUT2D eigenvalue weighted by molar-refractivity contribution is -0.117. The summed E-state index contributed by atoms with van der Waals surface area (Å²) in [5.41, 5.74) is 3.62. The number of rotatable bonds is 5. The molecule has 0 unspecified atom stereocenters. The average molecular weight is 536 g/mol. The van der Waals surface area contributed by atoms with Crippen LogP contribution < -0.4 is 15.5 Å². The van der Waals surface area contributed by atoms with Crippen molar-refractivity contribution in [3.05, 3.63) is 65.2 Å². The van der Waals surface area contributed by atoms with Gasteiger partial charge in [-0.15, -0.1) is 24.0 Å². The summed E-state index contributed by atoms with van der Waals surface area (Å²) in [6.07, 6.45) is 1.55. The zero-order valence-electron chi connectivity index (χ0n) is 17.6. The molecule has 0 radical (unpaired) electrons. The maximum absolute atomic E-state index is 13.5. The van der Waals surface area contributed by atoms with Crippen LogP contribution in [0.4, 0.5) is 10.1 Å². The predicted molar refractivity (Wildman–Crippen MR) is 131 cm³/mol. The molecule has 0 bridgehead atoms. The van der Waals surface area contributed by atoms with E-state index in [2.05, 4.69) is 15.6 Å². The zero-order valence-corrected chi connectivity index (χ0v) is 19.9. The highest BCUT2D eigenvalue weighted by Crippen LogP contribution is 2.26. The van der Waals surface area contributed by atoms with E-state index < -0.39 is 0 Å². The first kappa shape index (κ1) is 23.1. The third-order valence-electron chi connectivity index (χ3n) is 5.42. The van der Waals surface area contributed by atoms with Crippen LogP contribution in [0.5, 0.6) is 0 Å². The molecule has 1 fully saturated rings. The molecule has 1 aliphatic heterocycles. The van der Waals surface area contributed by atoms with Gasteiger partial charge in [0.15, 0.2) is 5.96 Å². The standard InChI is InChI=1S/C23H25FN4O2.HI/c1-15-19-12-17(24)7-10-20(19)30-21(15)14-27-23(25-2)26-13-16-5-8-18(9-6-16)28-11-3-4-22(28)29;/h5-10,12H,3-4,11,13-14H2,1-2H3,(H2,25,26,27);1H. The molecule has 3 aromatic rings. The van der Waals surface area contributed by atoms with Crippen LogP contribution in [-0.2, 0) is 17.9 Å². The number of nitrogens with one attached hydrogen (secondary N) is 2. The highest BCUT2D eigenvalue weighted by Gasteiger charge is 2.21. The summed E-state index contributed by atoms with van der Waals surface area (Å²) >= 11 is 0. The van der Waals surface area contributed by atoms with Crippen LogP contribution in [0.1, 0.15) is 29.7 Å². The number of hydrogen-bond acceptors (Lipinski definition) is 3. The van der Waals surface area contributed by atoms with E-state index in [1.807, 2.05) is 36.1 Å². The Morgan fingerprint density at radius 2 is 1.90 bits per heavy atom. The van der Waals surface area contributed by atoms with E-state index in [9.17, 15) is 9.18 Å². The van der Waals surface area contributed by atoms with Gasteiger partial charge in [0, 0.05) is 43.2 Å². The Morgan fingerprint density at radius 1 is 1.16 bits per heavy atom. The molecule has 1 aliphatic rings. The van der Waals surface area contributed by atoms with E-state index >= 15 is 0 Å². The molecule has 164 valence electrons. The van der Waals surface area contributed by atoms with Gasteiger partial charge in [-0.3, -0.25) is 9.79 Å². The smallest absolute Gasteiger partial charge is 0.227 e. The van der Waals surface area contributed by atoms with Gasteiger partial charge in [-0.05, 0) is 49.2 Å². The number of hydrogen-bond donors (Lipinski definition) is 2. The fourth-order valence-corrected chi connectivity index (χ4v) is 3.70. The van der Waals surface area contributed by atoms with Crippen LogP contribution in [0.2, 0.25) is 0 Å². The second-order valence-electron chi connectivity index (χ2n) is 7.39. The number of aryl methyl sites for hydroxylation is 1. The van der Waals surface area contributed by atoms with Gasteiger partial charge in [0.2, 0.25) is 5.91 Å². The minimum absolute atomic E-state index is 0. The number of halogens is 2. The summed E-state index contributed by atoms with van der Waals surface area (Å²) < 4.78 is 19.3. The van der Waals surface area contributed by atoms with Gasteiger partial charge in [0.25, 0.3) is 0 Å². The molecular formula is C23H26FIN4O2. The monoisotopic (exact) mass is 536 g/mol. The number of fused-ring (bicyclic) bond motifs is 1. The van der Waals surface area contributed by atoms with E-state index in [1.54, 1.807) is 13.1 Å². The average Bonchev–Trinajstić information content (AvgIpc) is 3.32. The maximum Gasteiger partial charge on any atom is 0.227 e. The van der Waals surface area contributed by atoms with Gasteiger partial charge in [0.05, 0.1) is 6.54 Å². The molecule has 31 heavy (non-hydrogen) atoms. The minimum atomic E-state index is -0.275. The molecule has 1 amide bonds. The number of guanidine groups is 1. The van der Waals surface area contributed by atoms with Crippen molar-refractivity contribution in [2.45, 2.75) is 32.9 Å². The van der Waals surface area contributed by atoms with Crippen LogP contribution in [0, 0.1) is 12.7 Å². The molecule has 0 aliphatic carbocycles. The van der Waals surface area contributed by atoms with E-state index in [1.165, 1.54) is 12.1 Å². The Morgan fingerprint density at radius 3 is 2.58 bits per heavy atom. The largest absolute Gasteiger partial charge is 0.459 e. The van der Waals surface area contributed by atoms with Crippen molar-refractivity contribution in [2.75, 3.05) is 18.5 Å². The number of furan rings is 1. The third kappa shape index (κ3) is 5.17. The molecule has 2 N–H and O–H groups in total. The van der Waals surface area contributed by atoms with E-state index in [-0.39, 0.29) is 35.7 Å². The number of aliphatic imine (C=N–C) groups is 1. The molecule has 8 heteroatoms. The maximum atomic E-state index is 13.5. The Balaban J connectivity index is 0.00000272. The van der Waals surface area contributed by atoms with E-state index in [0.29, 0.717) is 31.1 Å². The topological polar surface area (TPSA) is 69.9 Å². The van der Waals surface area contributed by atoms with Crippen molar-refractivity contribution in [3.8, 4) is 0 Å². The minimum Gasteiger partial charge on any atom is -0.459 e. The number of anilines is 1. The highest BCUT2D eigenvalue weighted by molar-refractivity contribution is 14.0. The molecule has 0 spiro atoms. The molecule has 6 nitrogen and oxygen atoms in total. The van der Waals surface area contributed by atoms with E-state index in [4.69, 9.17) is 4.42 Å². The fourth-order valence-electron chi connectivity index (χ4n) is 3.70. The summed E-state index contributed by atoms with van der Waals surface area (Å²) in [4.78, 5) is 17.9. The van der Waals surface area contributed by atoms with Crippen LogP contribution in [0.15, 0.2) is 51.9 Å². The molecule has 2 heterocycles. The number of benzene rings is 2. The lowest BCUT2D eigenvalue weighted by Gasteiger charge is -2.16. The first-order chi connectivity index (χ1) is 14.5. The van der Waals surface area contributed by atoms with Gasteiger partial charge in [-0.25, -0.2) is 4.39 Å². The Bertz CT molecular complexity index is 1090. The lowest BCUT2D eigenvalue weighted by atomic mass is 10.1. The van der Waals surface area contributed by atoms with Gasteiger partial charge in [-0.2, -0.15) is 0 Å². The Hall–Kier alpha value is -2.62. The molecule has 1 saturated heterocycles. The quantitative estimate of drug-likeness (QED) is 0.287. The zero-order chi connectivity index (χ0) is 21.1. The highest BCUT2D eigenvalue weighted by atomic mass is 127. The first-order valence-electron chi connectivity index (χ1n) is 10.1. The second-order valence-corrected chi connectivity index (χ2v) is 7.39. The first-order valence-corrected chi connectivity index (χ1v) is 10.1. The Kier molecular flexibility index (Phi) is 7.53. The number of nitrogens with zero attached hydrogens (tertiary/aromatic N) is 2. The Labute approximate surface area is 197 Å².